The molecule has 15 heavy (non-hydrogen) atoms. The van der Waals surface area contributed by atoms with E-state index >= 15 is 0 Å². The van der Waals surface area contributed by atoms with Gasteiger partial charge in [0.05, 0.1) is 6.54 Å². The SMILES string of the molecule is CCCCNCC(=O)c1cccc(Br)c1. The Hall–Kier alpha value is -0.670. The Morgan fingerprint density at radius 2 is 2.27 bits per heavy atom. The number of carbonyl (C=O) groups is 1. The van der Waals surface area contributed by atoms with E-state index in [1.807, 2.05) is 24.3 Å². The molecular weight excluding hydrogens is 254 g/mol. The Bertz CT molecular complexity index is 325. The predicted octanol–water partition coefficient (Wildman–Crippen LogP) is 3.02. The molecule has 82 valence electrons. The third kappa shape index (κ3) is 4.58. The van der Waals surface area contributed by atoms with E-state index in [1.165, 1.54) is 0 Å². The van der Waals surface area contributed by atoms with Crippen LogP contribution in [0.2, 0.25) is 0 Å². The molecule has 0 heterocycles. The van der Waals surface area contributed by atoms with Gasteiger partial charge in [0.2, 0.25) is 0 Å². The maximum Gasteiger partial charge on any atom is 0.176 e. The highest BCUT2D eigenvalue weighted by atomic mass is 79.9. The molecule has 1 rings (SSSR count). The van der Waals surface area contributed by atoms with Crippen molar-refractivity contribution in [3.63, 3.8) is 0 Å². The van der Waals surface area contributed by atoms with E-state index in [4.69, 9.17) is 0 Å². The molecule has 1 aromatic carbocycles. The Morgan fingerprint density at radius 1 is 1.47 bits per heavy atom. The molecule has 0 fully saturated rings. The summed E-state index contributed by atoms with van der Waals surface area (Å²) in [7, 11) is 0. The van der Waals surface area contributed by atoms with Crippen LogP contribution >= 0.6 is 15.9 Å². The maximum atomic E-state index is 11.7. The predicted molar refractivity (Wildman–Crippen MR) is 66.3 cm³/mol. The van der Waals surface area contributed by atoms with Crippen LogP contribution in [-0.2, 0) is 0 Å². The molecule has 1 aromatic rings. The summed E-state index contributed by atoms with van der Waals surface area (Å²) in [5, 5.41) is 3.14. The largest absolute Gasteiger partial charge is 0.310 e. The van der Waals surface area contributed by atoms with Crippen molar-refractivity contribution in [2.45, 2.75) is 19.8 Å². The molecule has 0 aliphatic heterocycles. The Kier molecular flexibility index (Phi) is 5.58. The summed E-state index contributed by atoms with van der Waals surface area (Å²) in [5.74, 6) is 0.146. The van der Waals surface area contributed by atoms with Crippen molar-refractivity contribution in [2.75, 3.05) is 13.1 Å². The number of hydrogen-bond acceptors (Lipinski definition) is 2. The van der Waals surface area contributed by atoms with Crippen LogP contribution in [0, 0.1) is 0 Å². The number of unbranched alkanes of at least 4 members (excludes halogenated alkanes) is 1. The van der Waals surface area contributed by atoms with E-state index in [0.29, 0.717) is 6.54 Å². The van der Waals surface area contributed by atoms with E-state index < -0.39 is 0 Å². The number of hydrogen-bond donors (Lipinski definition) is 1. The van der Waals surface area contributed by atoms with Crippen LogP contribution in [-0.4, -0.2) is 18.9 Å². The van der Waals surface area contributed by atoms with Crippen molar-refractivity contribution >= 4 is 21.7 Å². The number of nitrogens with one attached hydrogen (secondary N) is 1. The van der Waals surface area contributed by atoms with E-state index in [9.17, 15) is 4.79 Å². The maximum absolute atomic E-state index is 11.7. The normalized spacial score (nSPS) is 10.3. The fourth-order valence-electron chi connectivity index (χ4n) is 1.27. The molecule has 0 saturated heterocycles. The van der Waals surface area contributed by atoms with E-state index in [2.05, 4.69) is 28.2 Å². The van der Waals surface area contributed by atoms with Crippen molar-refractivity contribution in [1.29, 1.82) is 0 Å². The van der Waals surface area contributed by atoms with Crippen LogP contribution < -0.4 is 5.32 Å². The minimum absolute atomic E-state index is 0.146. The summed E-state index contributed by atoms with van der Waals surface area (Å²) < 4.78 is 0.946. The molecule has 0 spiro atoms. The zero-order chi connectivity index (χ0) is 11.1. The van der Waals surface area contributed by atoms with Crippen LogP contribution in [0.1, 0.15) is 30.1 Å². The van der Waals surface area contributed by atoms with Gasteiger partial charge in [-0.25, -0.2) is 0 Å². The zero-order valence-electron chi connectivity index (χ0n) is 8.92. The van der Waals surface area contributed by atoms with Gasteiger partial charge in [-0.05, 0) is 25.1 Å². The summed E-state index contributed by atoms with van der Waals surface area (Å²) >= 11 is 3.35. The van der Waals surface area contributed by atoms with E-state index in [0.717, 1.165) is 29.4 Å². The van der Waals surface area contributed by atoms with Gasteiger partial charge in [-0.3, -0.25) is 4.79 Å². The lowest BCUT2D eigenvalue weighted by Gasteiger charge is -2.03. The van der Waals surface area contributed by atoms with Gasteiger partial charge in [0, 0.05) is 10.0 Å². The summed E-state index contributed by atoms with van der Waals surface area (Å²) in [6.07, 6.45) is 2.27. The van der Waals surface area contributed by atoms with Crippen molar-refractivity contribution in [3.05, 3.63) is 34.3 Å². The minimum atomic E-state index is 0.146. The monoisotopic (exact) mass is 269 g/mol. The van der Waals surface area contributed by atoms with Crippen molar-refractivity contribution < 1.29 is 4.79 Å². The number of halogens is 1. The van der Waals surface area contributed by atoms with Gasteiger partial charge in [0.25, 0.3) is 0 Å². The van der Waals surface area contributed by atoms with E-state index in [1.54, 1.807) is 0 Å². The third-order valence-corrected chi connectivity index (χ3v) is 2.63. The molecule has 0 bridgehead atoms. The Labute approximate surface area is 99.2 Å². The highest BCUT2D eigenvalue weighted by molar-refractivity contribution is 9.10. The summed E-state index contributed by atoms with van der Waals surface area (Å²) in [4.78, 5) is 11.7. The molecule has 0 saturated carbocycles. The molecule has 0 amide bonds. The first-order valence-corrected chi connectivity index (χ1v) is 6.03. The second-order valence-electron chi connectivity index (χ2n) is 3.46. The molecule has 0 aliphatic rings. The number of rotatable bonds is 6. The fraction of sp³-hybridized carbons (Fsp3) is 0.417. The summed E-state index contributed by atoms with van der Waals surface area (Å²) in [6, 6.07) is 7.49. The molecule has 0 unspecified atom stereocenters. The molecule has 1 N–H and O–H groups in total. The van der Waals surface area contributed by atoms with Crippen LogP contribution in [0.5, 0.6) is 0 Å². The van der Waals surface area contributed by atoms with Crippen molar-refractivity contribution in [2.24, 2.45) is 0 Å². The number of Topliss-reactive ketones (excluding diaryl/α,β-unsaturated/α-hetero) is 1. The molecular formula is C12H16BrNO. The highest BCUT2D eigenvalue weighted by Crippen LogP contribution is 2.11. The topological polar surface area (TPSA) is 29.1 Å². The Morgan fingerprint density at radius 3 is 2.93 bits per heavy atom. The number of ketones is 1. The molecule has 0 aliphatic carbocycles. The van der Waals surface area contributed by atoms with Crippen LogP contribution in [0.4, 0.5) is 0 Å². The summed E-state index contributed by atoms with van der Waals surface area (Å²) in [6.45, 7) is 3.48. The van der Waals surface area contributed by atoms with Crippen molar-refractivity contribution in [3.8, 4) is 0 Å². The van der Waals surface area contributed by atoms with Gasteiger partial charge in [-0.2, -0.15) is 0 Å². The lowest BCUT2D eigenvalue weighted by Crippen LogP contribution is -2.23. The average molecular weight is 270 g/mol. The quantitative estimate of drug-likeness (QED) is 0.636. The van der Waals surface area contributed by atoms with Crippen molar-refractivity contribution in [1.82, 2.24) is 5.32 Å². The van der Waals surface area contributed by atoms with Crippen LogP contribution in [0.15, 0.2) is 28.7 Å². The minimum Gasteiger partial charge on any atom is -0.310 e. The lowest BCUT2D eigenvalue weighted by atomic mass is 10.1. The van der Waals surface area contributed by atoms with Gasteiger partial charge in [-0.1, -0.05) is 41.4 Å². The first kappa shape index (κ1) is 12.4. The second-order valence-corrected chi connectivity index (χ2v) is 4.38. The third-order valence-electron chi connectivity index (χ3n) is 2.14. The first-order valence-electron chi connectivity index (χ1n) is 5.23. The molecule has 0 aromatic heterocycles. The summed E-state index contributed by atoms with van der Waals surface area (Å²) in [5.41, 5.74) is 0.758. The van der Waals surface area contributed by atoms with Crippen LogP contribution in [0.3, 0.4) is 0 Å². The second kappa shape index (κ2) is 6.75. The number of benzene rings is 1. The van der Waals surface area contributed by atoms with Gasteiger partial charge < -0.3 is 5.32 Å². The molecule has 2 nitrogen and oxygen atoms in total. The fourth-order valence-corrected chi connectivity index (χ4v) is 1.67. The number of carbonyl (C=O) groups excluding carboxylic acids is 1. The smallest absolute Gasteiger partial charge is 0.176 e. The van der Waals surface area contributed by atoms with E-state index in [-0.39, 0.29) is 5.78 Å². The van der Waals surface area contributed by atoms with Crippen LogP contribution in [0.25, 0.3) is 0 Å². The van der Waals surface area contributed by atoms with Gasteiger partial charge >= 0.3 is 0 Å². The molecule has 0 atom stereocenters. The lowest BCUT2D eigenvalue weighted by molar-refractivity contribution is 0.0991. The zero-order valence-corrected chi connectivity index (χ0v) is 10.5. The Balaban J connectivity index is 2.40. The highest BCUT2D eigenvalue weighted by Gasteiger charge is 2.04. The standard InChI is InChI=1S/C12H16BrNO/c1-2-3-7-14-9-12(15)10-5-4-6-11(13)8-10/h4-6,8,14H,2-3,7,9H2,1H3. The van der Waals surface area contributed by atoms with Gasteiger partial charge in [0.1, 0.15) is 0 Å². The van der Waals surface area contributed by atoms with Gasteiger partial charge in [0.15, 0.2) is 5.78 Å². The average Bonchev–Trinajstić information content (AvgIpc) is 2.24. The van der Waals surface area contributed by atoms with Gasteiger partial charge in [-0.15, -0.1) is 0 Å². The first-order chi connectivity index (χ1) is 7.24. The molecule has 3 heteroatoms. The molecule has 0 radical (unpaired) electrons.